The van der Waals surface area contributed by atoms with Gasteiger partial charge in [0.05, 0.1) is 30.6 Å². The zero-order chi connectivity index (χ0) is 19.3. The van der Waals surface area contributed by atoms with Crippen LogP contribution >= 0.6 is 0 Å². The van der Waals surface area contributed by atoms with Gasteiger partial charge in [0.1, 0.15) is 5.75 Å². The largest absolute Gasteiger partial charge is 0.494 e. The van der Waals surface area contributed by atoms with E-state index in [2.05, 4.69) is 11.4 Å². The van der Waals surface area contributed by atoms with Crippen LogP contribution in [0.5, 0.6) is 5.75 Å². The zero-order valence-electron chi connectivity index (χ0n) is 16.4. The van der Waals surface area contributed by atoms with Crippen molar-refractivity contribution in [2.75, 3.05) is 26.3 Å². The highest BCUT2D eigenvalue weighted by molar-refractivity contribution is 5.74. The fourth-order valence-corrected chi connectivity index (χ4v) is 3.78. The second kappa shape index (κ2) is 8.65. The summed E-state index contributed by atoms with van der Waals surface area (Å²) >= 11 is 0. The van der Waals surface area contributed by atoms with Crippen molar-refractivity contribution in [1.29, 1.82) is 0 Å². The Hall–Kier alpha value is -2.54. The van der Waals surface area contributed by atoms with Crippen molar-refractivity contribution in [2.45, 2.75) is 45.4 Å². The lowest BCUT2D eigenvalue weighted by Gasteiger charge is -2.21. The van der Waals surface area contributed by atoms with Gasteiger partial charge < -0.3 is 19.7 Å². The van der Waals surface area contributed by atoms with Gasteiger partial charge in [-0.1, -0.05) is 0 Å². The average Bonchev–Trinajstić information content (AvgIpc) is 3.33. The molecule has 1 fully saturated rings. The van der Waals surface area contributed by atoms with Crippen LogP contribution in [0, 0.1) is 0 Å². The summed E-state index contributed by atoms with van der Waals surface area (Å²) in [5.41, 5.74) is 3.05. The summed E-state index contributed by atoms with van der Waals surface area (Å²) in [5, 5.41) is 7.78. The maximum Gasteiger partial charge on any atom is 0.317 e. The third-order valence-corrected chi connectivity index (χ3v) is 5.27. The molecule has 0 bridgehead atoms. The normalized spacial score (nSPS) is 19.2. The summed E-state index contributed by atoms with van der Waals surface area (Å²) in [6, 6.07) is 10.1. The molecule has 28 heavy (non-hydrogen) atoms. The van der Waals surface area contributed by atoms with Crippen LogP contribution in [-0.4, -0.2) is 53.1 Å². The molecule has 2 amide bonds. The van der Waals surface area contributed by atoms with E-state index in [0.717, 1.165) is 61.7 Å². The lowest BCUT2D eigenvalue weighted by Crippen LogP contribution is -2.42. The first kappa shape index (κ1) is 18.8. The molecule has 0 spiro atoms. The fraction of sp³-hybridized carbons (Fsp3) is 0.524. The SMILES string of the molecule is CCOc1ccc(-c2cc3n(n2)CCCN(C(=O)NC[C@H]2CCCO2)C3)cc1. The van der Waals surface area contributed by atoms with Crippen molar-refractivity contribution >= 4 is 6.03 Å². The Kier molecular flexibility index (Phi) is 5.81. The van der Waals surface area contributed by atoms with Gasteiger partial charge in [0.15, 0.2) is 0 Å². The first-order valence-electron chi connectivity index (χ1n) is 10.2. The van der Waals surface area contributed by atoms with Gasteiger partial charge in [0.2, 0.25) is 0 Å². The number of rotatable bonds is 5. The molecular formula is C21H28N4O3. The van der Waals surface area contributed by atoms with E-state index in [9.17, 15) is 4.79 Å². The number of amides is 2. The van der Waals surface area contributed by atoms with Gasteiger partial charge in [-0.05, 0) is 56.5 Å². The number of carbonyl (C=O) groups excluding carboxylic acids is 1. The van der Waals surface area contributed by atoms with Crippen LogP contribution < -0.4 is 10.1 Å². The molecule has 0 unspecified atom stereocenters. The second-order valence-electron chi connectivity index (χ2n) is 7.30. The molecule has 1 saturated heterocycles. The number of carbonyl (C=O) groups is 1. The van der Waals surface area contributed by atoms with Gasteiger partial charge in [0.25, 0.3) is 0 Å². The number of urea groups is 1. The van der Waals surface area contributed by atoms with Crippen molar-refractivity contribution in [1.82, 2.24) is 20.0 Å². The molecule has 2 aliphatic rings. The molecule has 150 valence electrons. The summed E-state index contributed by atoms with van der Waals surface area (Å²) < 4.78 is 13.1. The molecule has 7 heteroatoms. The second-order valence-corrected chi connectivity index (χ2v) is 7.30. The summed E-state index contributed by atoms with van der Waals surface area (Å²) in [6.45, 7) is 6.15. The topological polar surface area (TPSA) is 68.6 Å². The maximum absolute atomic E-state index is 12.6. The molecule has 1 atom stereocenters. The molecule has 1 aromatic heterocycles. The first-order valence-corrected chi connectivity index (χ1v) is 10.2. The Labute approximate surface area is 165 Å². The van der Waals surface area contributed by atoms with Crippen LogP contribution in [0.25, 0.3) is 11.3 Å². The molecule has 0 aliphatic carbocycles. The van der Waals surface area contributed by atoms with E-state index in [1.54, 1.807) is 0 Å². The number of aromatic nitrogens is 2. The lowest BCUT2D eigenvalue weighted by molar-refractivity contribution is 0.108. The maximum atomic E-state index is 12.6. The molecule has 4 rings (SSSR count). The van der Waals surface area contributed by atoms with Crippen LogP contribution in [0.2, 0.25) is 0 Å². The summed E-state index contributed by atoms with van der Waals surface area (Å²) in [7, 11) is 0. The highest BCUT2D eigenvalue weighted by Crippen LogP contribution is 2.24. The van der Waals surface area contributed by atoms with Crippen molar-refractivity contribution < 1.29 is 14.3 Å². The van der Waals surface area contributed by atoms with Gasteiger partial charge >= 0.3 is 6.03 Å². The smallest absolute Gasteiger partial charge is 0.317 e. The van der Waals surface area contributed by atoms with Gasteiger partial charge in [-0.15, -0.1) is 0 Å². The quantitative estimate of drug-likeness (QED) is 0.860. The standard InChI is InChI=1S/C21H28N4O3/c1-2-27-18-8-6-16(7-9-18)20-13-17-15-24(10-4-11-25(17)23-20)21(26)22-14-19-5-3-12-28-19/h6-9,13,19H,2-5,10-12,14-15H2,1H3,(H,22,26)/t19-/m1/s1. The van der Waals surface area contributed by atoms with E-state index in [-0.39, 0.29) is 12.1 Å². The van der Waals surface area contributed by atoms with Crippen molar-refractivity contribution in [3.8, 4) is 17.0 Å². The number of ether oxygens (including phenoxy) is 2. The van der Waals surface area contributed by atoms with E-state index >= 15 is 0 Å². The fourth-order valence-electron chi connectivity index (χ4n) is 3.78. The zero-order valence-corrected chi connectivity index (χ0v) is 16.4. The van der Waals surface area contributed by atoms with Gasteiger partial charge in [0, 0.05) is 31.8 Å². The number of hydrogen-bond acceptors (Lipinski definition) is 4. The predicted octanol–water partition coefficient (Wildman–Crippen LogP) is 3.04. The Morgan fingerprint density at radius 3 is 2.89 bits per heavy atom. The first-order chi connectivity index (χ1) is 13.7. The highest BCUT2D eigenvalue weighted by Gasteiger charge is 2.22. The van der Waals surface area contributed by atoms with Crippen LogP contribution in [0.1, 0.15) is 31.9 Å². The van der Waals surface area contributed by atoms with E-state index < -0.39 is 0 Å². The number of nitrogens with one attached hydrogen (secondary N) is 1. The van der Waals surface area contributed by atoms with Crippen LogP contribution in [-0.2, 0) is 17.8 Å². The highest BCUT2D eigenvalue weighted by atomic mass is 16.5. The Bertz CT molecular complexity index is 796. The van der Waals surface area contributed by atoms with Crippen molar-refractivity contribution in [3.05, 3.63) is 36.0 Å². The minimum atomic E-state index is -0.0206. The number of fused-ring (bicyclic) bond motifs is 1. The summed E-state index contributed by atoms with van der Waals surface area (Å²) in [4.78, 5) is 14.5. The van der Waals surface area contributed by atoms with Crippen molar-refractivity contribution in [3.63, 3.8) is 0 Å². The summed E-state index contributed by atoms with van der Waals surface area (Å²) in [5.74, 6) is 0.862. The Morgan fingerprint density at radius 2 is 2.14 bits per heavy atom. The monoisotopic (exact) mass is 384 g/mol. The van der Waals surface area contributed by atoms with E-state index in [4.69, 9.17) is 14.6 Å². The molecule has 1 aromatic carbocycles. The number of nitrogens with zero attached hydrogens (tertiary/aromatic N) is 3. The predicted molar refractivity (Wildman–Crippen MR) is 106 cm³/mol. The molecule has 2 aliphatic heterocycles. The molecule has 1 N–H and O–H groups in total. The Morgan fingerprint density at radius 1 is 1.29 bits per heavy atom. The molecule has 7 nitrogen and oxygen atoms in total. The molecule has 0 saturated carbocycles. The van der Waals surface area contributed by atoms with E-state index in [1.165, 1.54) is 0 Å². The third kappa shape index (κ3) is 4.30. The van der Waals surface area contributed by atoms with Crippen LogP contribution in [0.3, 0.4) is 0 Å². The average molecular weight is 384 g/mol. The minimum Gasteiger partial charge on any atom is -0.494 e. The van der Waals surface area contributed by atoms with Gasteiger partial charge in [-0.3, -0.25) is 4.68 Å². The van der Waals surface area contributed by atoms with E-state index in [0.29, 0.717) is 19.7 Å². The number of aryl methyl sites for hydroxylation is 1. The Balaban J connectivity index is 1.42. The molecule has 0 radical (unpaired) electrons. The lowest BCUT2D eigenvalue weighted by atomic mass is 10.1. The molecule has 3 heterocycles. The van der Waals surface area contributed by atoms with Gasteiger partial charge in [-0.25, -0.2) is 4.79 Å². The molecular weight excluding hydrogens is 356 g/mol. The van der Waals surface area contributed by atoms with Crippen LogP contribution in [0.4, 0.5) is 4.79 Å². The van der Waals surface area contributed by atoms with Crippen LogP contribution in [0.15, 0.2) is 30.3 Å². The number of benzene rings is 1. The third-order valence-electron chi connectivity index (χ3n) is 5.27. The summed E-state index contributed by atoms with van der Waals surface area (Å²) in [6.07, 6.45) is 3.16. The van der Waals surface area contributed by atoms with E-state index in [1.807, 2.05) is 40.8 Å². The minimum absolute atomic E-state index is 0.0206. The van der Waals surface area contributed by atoms with Gasteiger partial charge in [-0.2, -0.15) is 5.10 Å². The number of hydrogen-bond donors (Lipinski definition) is 1. The van der Waals surface area contributed by atoms with Crippen molar-refractivity contribution in [2.24, 2.45) is 0 Å². The molecule has 2 aromatic rings.